The molecule has 8 N–H and O–H groups in total. The second-order valence-corrected chi connectivity index (χ2v) is 5.66. The van der Waals surface area contributed by atoms with Crippen molar-refractivity contribution in [2.24, 2.45) is 11.5 Å². The molecule has 0 bridgehead atoms. The maximum absolute atomic E-state index is 12.1. The van der Waals surface area contributed by atoms with Crippen molar-refractivity contribution in [3.05, 3.63) is 70.8 Å². The minimum Gasteiger partial charge on any atom is -0.312 e. The van der Waals surface area contributed by atoms with Gasteiger partial charge in [0.05, 0.1) is 11.1 Å². The Balaban J connectivity index is 1.86. The van der Waals surface area contributed by atoms with Gasteiger partial charge in [-0.2, -0.15) is 0 Å². The van der Waals surface area contributed by atoms with Crippen molar-refractivity contribution in [1.82, 2.24) is 21.7 Å². The number of nitrogens with two attached hydrogens (primary N) is 2. The standard InChI is InChI=1S/C18H20N6O4/c19-15(21-23-17(27)13-7-3-1-5-11(13)9-25)16(20)22-24-18(28)14-8-4-2-6-12(14)10-26/h1-10,15-16,21-22H,19-20H2,(H,23,27)(H,24,28). The third kappa shape index (κ3) is 5.28. The smallest absolute Gasteiger partial charge is 0.266 e. The average Bonchev–Trinajstić information content (AvgIpc) is 2.74. The number of hydrogen-bond donors (Lipinski definition) is 6. The van der Waals surface area contributed by atoms with Crippen molar-refractivity contribution >= 4 is 24.4 Å². The summed E-state index contributed by atoms with van der Waals surface area (Å²) in [6, 6.07) is 12.5. The van der Waals surface area contributed by atoms with E-state index in [1.807, 2.05) is 0 Å². The molecule has 146 valence electrons. The van der Waals surface area contributed by atoms with Gasteiger partial charge in [-0.1, -0.05) is 36.4 Å². The van der Waals surface area contributed by atoms with Crippen LogP contribution in [0.1, 0.15) is 41.4 Å². The molecule has 2 rings (SSSR count). The van der Waals surface area contributed by atoms with Crippen LogP contribution in [0.4, 0.5) is 0 Å². The number of aldehydes is 2. The predicted molar refractivity (Wildman–Crippen MR) is 101 cm³/mol. The molecular formula is C18H20N6O4. The van der Waals surface area contributed by atoms with Crippen molar-refractivity contribution in [2.45, 2.75) is 12.3 Å². The number of hydrogen-bond acceptors (Lipinski definition) is 8. The number of nitrogens with one attached hydrogen (secondary N) is 4. The van der Waals surface area contributed by atoms with Gasteiger partial charge in [-0.3, -0.25) is 30.0 Å². The molecule has 28 heavy (non-hydrogen) atoms. The second kappa shape index (κ2) is 10.0. The number of amides is 2. The number of benzene rings is 2. The predicted octanol–water partition coefficient (Wildman–Crippen LogP) is -0.950. The largest absolute Gasteiger partial charge is 0.312 e. The summed E-state index contributed by atoms with van der Waals surface area (Å²) in [6.45, 7) is 0. The molecule has 0 aliphatic rings. The van der Waals surface area contributed by atoms with Crippen LogP contribution in [0.2, 0.25) is 0 Å². The third-order valence-corrected chi connectivity index (χ3v) is 3.76. The number of carbonyl (C=O) groups excluding carboxylic acids is 4. The highest BCUT2D eigenvalue weighted by atomic mass is 16.2. The van der Waals surface area contributed by atoms with E-state index < -0.39 is 24.1 Å². The first-order chi connectivity index (χ1) is 13.5. The Hall–Kier alpha value is -3.44. The maximum atomic E-state index is 12.1. The molecule has 0 aliphatic heterocycles. The molecule has 2 aromatic carbocycles. The summed E-state index contributed by atoms with van der Waals surface area (Å²) in [7, 11) is 0. The molecule has 0 radical (unpaired) electrons. The summed E-state index contributed by atoms with van der Waals surface area (Å²) in [6.07, 6.45) is -0.855. The molecule has 0 aliphatic carbocycles. The van der Waals surface area contributed by atoms with Crippen LogP contribution in [-0.2, 0) is 0 Å². The van der Waals surface area contributed by atoms with Crippen molar-refractivity contribution < 1.29 is 19.2 Å². The molecule has 0 heterocycles. The van der Waals surface area contributed by atoms with Gasteiger partial charge < -0.3 is 11.5 Å². The van der Waals surface area contributed by atoms with Crippen LogP contribution in [0.25, 0.3) is 0 Å². The fourth-order valence-corrected chi connectivity index (χ4v) is 2.23. The van der Waals surface area contributed by atoms with Crippen molar-refractivity contribution in [3.63, 3.8) is 0 Å². The maximum Gasteiger partial charge on any atom is 0.266 e. The summed E-state index contributed by atoms with van der Waals surface area (Å²) >= 11 is 0. The fourth-order valence-electron chi connectivity index (χ4n) is 2.23. The van der Waals surface area contributed by atoms with Crippen LogP contribution in [0.15, 0.2) is 48.5 Å². The summed E-state index contributed by atoms with van der Waals surface area (Å²) in [4.78, 5) is 46.2. The fraction of sp³-hybridized carbons (Fsp3) is 0.111. The molecule has 10 heteroatoms. The monoisotopic (exact) mass is 384 g/mol. The zero-order valence-electron chi connectivity index (χ0n) is 14.7. The Labute approximate surface area is 160 Å². The van der Waals surface area contributed by atoms with Gasteiger partial charge in [-0.05, 0) is 12.1 Å². The normalized spacial score (nSPS) is 12.5. The molecule has 0 fully saturated rings. The van der Waals surface area contributed by atoms with Crippen molar-refractivity contribution in [1.29, 1.82) is 0 Å². The van der Waals surface area contributed by atoms with E-state index in [0.717, 1.165) is 0 Å². The quantitative estimate of drug-likeness (QED) is 0.183. The molecule has 0 aromatic heterocycles. The Bertz CT molecular complexity index is 801. The van der Waals surface area contributed by atoms with E-state index in [9.17, 15) is 19.2 Å². The lowest BCUT2D eigenvalue weighted by molar-refractivity contribution is 0.0890. The van der Waals surface area contributed by atoms with Crippen molar-refractivity contribution in [2.75, 3.05) is 0 Å². The zero-order valence-corrected chi connectivity index (χ0v) is 14.7. The molecule has 2 unspecified atom stereocenters. The highest BCUT2D eigenvalue weighted by molar-refractivity contribution is 6.01. The molecule has 0 saturated carbocycles. The van der Waals surface area contributed by atoms with Gasteiger partial charge >= 0.3 is 0 Å². The summed E-state index contributed by atoms with van der Waals surface area (Å²) in [5.74, 6) is -1.15. The van der Waals surface area contributed by atoms with E-state index in [-0.39, 0.29) is 22.3 Å². The molecule has 2 atom stereocenters. The van der Waals surface area contributed by atoms with Crippen molar-refractivity contribution in [3.8, 4) is 0 Å². The van der Waals surface area contributed by atoms with E-state index in [4.69, 9.17) is 11.5 Å². The first kappa shape index (κ1) is 20.9. The van der Waals surface area contributed by atoms with E-state index in [1.54, 1.807) is 24.3 Å². The SMILES string of the molecule is NC(NNC(=O)c1ccccc1C=O)C(N)NNC(=O)c1ccccc1C=O. The average molecular weight is 384 g/mol. The molecular weight excluding hydrogens is 364 g/mol. The number of rotatable bonds is 9. The summed E-state index contributed by atoms with van der Waals surface area (Å²) < 4.78 is 0. The number of hydrazine groups is 2. The molecule has 0 spiro atoms. The number of carbonyl (C=O) groups is 4. The Morgan fingerprint density at radius 1 is 0.714 bits per heavy atom. The van der Waals surface area contributed by atoms with Crippen LogP contribution >= 0.6 is 0 Å². The lowest BCUT2D eigenvalue weighted by Gasteiger charge is -2.23. The van der Waals surface area contributed by atoms with Gasteiger partial charge in [0.15, 0.2) is 12.6 Å². The molecule has 0 saturated heterocycles. The second-order valence-electron chi connectivity index (χ2n) is 5.66. The van der Waals surface area contributed by atoms with Gasteiger partial charge in [-0.15, -0.1) is 0 Å². The minimum absolute atomic E-state index is 0.164. The van der Waals surface area contributed by atoms with Crippen LogP contribution in [-0.4, -0.2) is 36.7 Å². The van der Waals surface area contributed by atoms with Gasteiger partial charge in [-0.25, -0.2) is 10.9 Å². The minimum atomic E-state index is -0.992. The van der Waals surface area contributed by atoms with E-state index in [1.165, 1.54) is 24.3 Å². The first-order valence-corrected chi connectivity index (χ1v) is 8.19. The van der Waals surface area contributed by atoms with E-state index in [0.29, 0.717) is 12.6 Å². The lowest BCUT2D eigenvalue weighted by atomic mass is 10.1. The Morgan fingerprint density at radius 2 is 1.07 bits per heavy atom. The van der Waals surface area contributed by atoms with Crippen LogP contribution in [0.5, 0.6) is 0 Å². The van der Waals surface area contributed by atoms with Gasteiger partial charge in [0.2, 0.25) is 0 Å². The van der Waals surface area contributed by atoms with E-state index in [2.05, 4.69) is 21.7 Å². The van der Waals surface area contributed by atoms with Gasteiger partial charge in [0, 0.05) is 11.1 Å². The summed E-state index contributed by atoms with van der Waals surface area (Å²) in [5, 5.41) is 0. The lowest BCUT2D eigenvalue weighted by Crippen LogP contribution is -2.65. The molecule has 10 nitrogen and oxygen atoms in total. The zero-order chi connectivity index (χ0) is 20.5. The Morgan fingerprint density at radius 3 is 1.43 bits per heavy atom. The van der Waals surface area contributed by atoms with Gasteiger partial charge in [0.25, 0.3) is 11.8 Å². The molecule has 2 amide bonds. The highest BCUT2D eigenvalue weighted by Gasteiger charge is 2.17. The van der Waals surface area contributed by atoms with Crippen LogP contribution in [0, 0.1) is 0 Å². The van der Waals surface area contributed by atoms with Gasteiger partial charge in [0.1, 0.15) is 12.3 Å². The van der Waals surface area contributed by atoms with Crippen LogP contribution < -0.4 is 33.2 Å². The Kier molecular flexibility index (Phi) is 7.48. The molecule has 2 aromatic rings. The third-order valence-electron chi connectivity index (χ3n) is 3.76. The van der Waals surface area contributed by atoms with E-state index >= 15 is 0 Å². The van der Waals surface area contributed by atoms with Crippen LogP contribution in [0.3, 0.4) is 0 Å². The first-order valence-electron chi connectivity index (χ1n) is 8.19. The topological polar surface area (TPSA) is 168 Å². The highest BCUT2D eigenvalue weighted by Crippen LogP contribution is 2.06. The summed E-state index contributed by atoms with van der Waals surface area (Å²) in [5.41, 5.74) is 22.0.